The summed E-state index contributed by atoms with van der Waals surface area (Å²) in [6.45, 7) is 1.31. The number of ether oxygens (including phenoxy) is 1. The van der Waals surface area contributed by atoms with Gasteiger partial charge in [0.1, 0.15) is 11.6 Å². The zero-order valence-electron chi connectivity index (χ0n) is 16.4. The maximum absolute atomic E-state index is 14.1. The highest BCUT2D eigenvalue weighted by molar-refractivity contribution is 5.95. The molecule has 2 aromatic rings. The number of methoxy groups -OCH3 is 1. The molecule has 1 saturated carbocycles. The van der Waals surface area contributed by atoms with Gasteiger partial charge in [-0.2, -0.15) is 0 Å². The zero-order chi connectivity index (χ0) is 20.4. The smallest absolute Gasteiger partial charge is 0.256 e. The van der Waals surface area contributed by atoms with Gasteiger partial charge in [0.2, 0.25) is 5.91 Å². The van der Waals surface area contributed by atoms with Crippen molar-refractivity contribution in [1.29, 1.82) is 0 Å². The van der Waals surface area contributed by atoms with Gasteiger partial charge in [-0.1, -0.05) is 24.3 Å². The van der Waals surface area contributed by atoms with Crippen LogP contribution in [0.25, 0.3) is 0 Å². The molecule has 6 heteroatoms. The molecule has 2 aliphatic rings. The van der Waals surface area contributed by atoms with Crippen molar-refractivity contribution in [3.8, 4) is 5.75 Å². The number of rotatable bonds is 6. The van der Waals surface area contributed by atoms with Gasteiger partial charge in [-0.25, -0.2) is 4.39 Å². The van der Waals surface area contributed by atoms with E-state index < -0.39 is 5.82 Å². The molecule has 0 spiro atoms. The molecule has 2 atom stereocenters. The van der Waals surface area contributed by atoms with Gasteiger partial charge in [-0.15, -0.1) is 0 Å². The Hall–Kier alpha value is -2.89. The summed E-state index contributed by atoms with van der Waals surface area (Å²) in [6, 6.07) is 13.6. The molecule has 152 valence electrons. The van der Waals surface area contributed by atoms with E-state index in [0.29, 0.717) is 24.8 Å². The molecule has 29 heavy (non-hydrogen) atoms. The first-order chi connectivity index (χ1) is 14.1. The zero-order valence-corrected chi connectivity index (χ0v) is 16.4. The second-order valence-electron chi connectivity index (χ2n) is 7.87. The fourth-order valence-electron chi connectivity index (χ4n) is 3.95. The standard InChI is InChI=1S/C23H25FN2O3/c1-29-17-6-4-5-16(11-17)19-13-26(23(28)18-7-2-3-8-21(18)24)14-20(19)22(27)25-12-15-9-10-15/h2-8,11,15,19-20H,9-10,12-14H2,1H3,(H,25,27)/t19-,20-/m0/s1. The highest BCUT2D eigenvalue weighted by Gasteiger charge is 2.41. The first-order valence-corrected chi connectivity index (χ1v) is 10.0. The summed E-state index contributed by atoms with van der Waals surface area (Å²) in [5.41, 5.74) is 0.982. The van der Waals surface area contributed by atoms with Crippen LogP contribution in [-0.4, -0.2) is 43.5 Å². The van der Waals surface area contributed by atoms with Crippen LogP contribution in [0.5, 0.6) is 5.75 Å². The quantitative estimate of drug-likeness (QED) is 0.816. The van der Waals surface area contributed by atoms with E-state index in [9.17, 15) is 14.0 Å². The number of hydrogen-bond donors (Lipinski definition) is 1. The van der Waals surface area contributed by atoms with Gasteiger partial charge < -0.3 is 15.0 Å². The average Bonchev–Trinajstić information content (AvgIpc) is 3.47. The number of nitrogens with one attached hydrogen (secondary N) is 1. The van der Waals surface area contributed by atoms with E-state index in [2.05, 4.69) is 5.32 Å². The van der Waals surface area contributed by atoms with E-state index in [4.69, 9.17) is 4.74 Å². The third-order valence-electron chi connectivity index (χ3n) is 5.83. The molecular formula is C23H25FN2O3. The Bertz CT molecular complexity index is 913. The van der Waals surface area contributed by atoms with E-state index in [-0.39, 0.29) is 35.8 Å². The van der Waals surface area contributed by atoms with Gasteiger partial charge in [0.05, 0.1) is 18.6 Å². The van der Waals surface area contributed by atoms with Crippen LogP contribution in [0, 0.1) is 17.7 Å². The van der Waals surface area contributed by atoms with Crippen molar-refractivity contribution >= 4 is 11.8 Å². The SMILES string of the molecule is COc1cccc([C@@H]2CN(C(=O)c3ccccc3F)C[C@@H]2C(=O)NCC2CC2)c1. The Kier molecular flexibility index (Phi) is 5.51. The van der Waals surface area contributed by atoms with Gasteiger partial charge in [-0.05, 0) is 48.6 Å². The molecule has 0 aromatic heterocycles. The fourth-order valence-corrected chi connectivity index (χ4v) is 3.95. The van der Waals surface area contributed by atoms with Crippen LogP contribution < -0.4 is 10.1 Å². The van der Waals surface area contributed by atoms with Crippen molar-refractivity contribution in [3.63, 3.8) is 0 Å². The molecule has 0 bridgehead atoms. The number of halogens is 1. The molecule has 2 fully saturated rings. The van der Waals surface area contributed by atoms with Crippen molar-refractivity contribution in [3.05, 3.63) is 65.5 Å². The van der Waals surface area contributed by atoms with Crippen LogP contribution in [-0.2, 0) is 4.79 Å². The Labute approximate surface area is 169 Å². The largest absolute Gasteiger partial charge is 0.497 e. The van der Waals surface area contributed by atoms with E-state index >= 15 is 0 Å². The average molecular weight is 396 g/mol. The third-order valence-corrected chi connectivity index (χ3v) is 5.83. The normalized spacial score (nSPS) is 21.1. The summed E-state index contributed by atoms with van der Waals surface area (Å²) in [4.78, 5) is 27.5. The lowest BCUT2D eigenvalue weighted by atomic mass is 9.88. The van der Waals surface area contributed by atoms with Crippen LogP contribution in [0.15, 0.2) is 48.5 Å². The Morgan fingerprint density at radius 1 is 1.14 bits per heavy atom. The number of benzene rings is 2. The van der Waals surface area contributed by atoms with Gasteiger partial charge in [0.25, 0.3) is 5.91 Å². The van der Waals surface area contributed by atoms with E-state index in [1.54, 1.807) is 24.1 Å². The van der Waals surface area contributed by atoms with Gasteiger partial charge >= 0.3 is 0 Å². The number of likely N-dealkylation sites (tertiary alicyclic amines) is 1. The molecule has 1 N–H and O–H groups in total. The number of hydrogen-bond acceptors (Lipinski definition) is 3. The van der Waals surface area contributed by atoms with Crippen LogP contribution >= 0.6 is 0 Å². The molecule has 4 rings (SSSR count). The summed E-state index contributed by atoms with van der Waals surface area (Å²) in [7, 11) is 1.60. The summed E-state index contributed by atoms with van der Waals surface area (Å²) in [6.07, 6.45) is 2.31. The van der Waals surface area contributed by atoms with Crippen molar-refractivity contribution in [2.24, 2.45) is 11.8 Å². The minimum atomic E-state index is -0.544. The molecule has 0 radical (unpaired) electrons. The van der Waals surface area contributed by atoms with Gasteiger partial charge in [-0.3, -0.25) is 9.59 Å². The topological polar surface area (TPSA) is 58.6 Å². The minimum absolute atomic E-state index is 0.0379. The molecule has 2 amide bonds. The molecule has 1 aliphatic carbocycles. The van der Waals surface area contributed by atoms with E-state index in [0.717, 1.165) is 18.4 Å². The lowest BCUT2D eigenvalue weighted by Crippen LogP contribution is -2.36. The number of nitrogens with zero attached hydrogens (tertiary/aromatic N) is 1. The van der Waals surface area contributed by atoms with Gasteiger partial charge in [0.15, 0.2) is 0 Å². The Morgan fingerprint density at radius 3 is 2.66 bits per heavy atom. The number of carbonyl (C=O) groups is 2. The summed E-state index contributed by atoms with van der Waals surface area (Å²) in [5.74, 6) is -0.235. The molecule has 2 aromatic carbocycles. The summed E-state index contributed by atoms with van der Waals surface area (Å²) in [5, 5.41) is 3.04. The predicted octanol–water partition coefficient (Wildman–Crippen LogP) is 3.22. The fraction of sp³-hybridized carbons (Fsp3) is 0.391. The second kappa shape index (κ2) is 8.23. The van der Waals surface area contributed by atoms with E-state index in [1.807, 2.05) is 24.3 Å². The predicted molar refractivity (Wildman–Crippen MR) is 107 cm³/mol. The minimum Gasteiger partial charge on any atom is -0.497 e. The van der Waals surface area contributed by atoms with Crippen molar-refractivity contribution < 1.29 is 18.7 Å². The molecule has 5 nitrogen and oxygen atoms in total. The highest BCUT2D eigenvalue weighted by atomic mass is 19.1. The van der Waals surface area contributed by atoms with Crippen LogP contribution in [0.3, 0.4) is 0 Å². The molecule has 0 unspecified atom stereocenters. The first-order valence-electron chi connectivity index (χ1n) is 10.0. The molecular weight excluding hydrogens is 371 g/mol. The maximum atomic E-state index is 14.1. The van der Waals surface area contributed by atoms with Crippen molar-refractivity contribution in [2.75, 3.05) is 26.7 Å². The molecule has 1 heterocycles. The number of amides is 2. The Morgan fingerprint density at radius 2 is 1.93 bits per heavy atom. The lowest BCUT2D eigenvalue weighted by Gasteiger charge is -2.18. The third kappa shape index (κ3) is 4.26. The maximum Gasteiger partial charge on any atom is 0.256 e. The van der Waals surface area contributed by atoms with Gasteiger partial charge in [0, 0.05) is 25.6 Å². The van der Waals surface area contributed by atoms with Crippen molar-refractivity contribution in [2.45, 2.75) is 18.8 Å². The molecule has 1 aliphatic heterocycles. The highest BCUT2D eigenvalue weighted by Crippen LogP contribution is 2.36. The van der Waals surface area contributed by atoms with E-state index in [1.165, 1.54) is 12.1 Å². The monoisotopic (exact) mass is 396 g/mol. The molecule has 1 saturated heterocycles. The second-order valence-corrected chi connectivity index (χ2v) is 7.87. The first kappa shape index (κ1) is 19.4. The van der Waals surface area contributed by atoms with Crippen LogP contribution in [0.4, 0.5) is 4.39 Å². The summed E-state index contributed by atoms with van der Waals surface area (Å²) < 4.78 is 19.5. The summed E-state index contributed by atoms with van der Waals surface area (Å²) >= 11 is 0. The van der Waals surface area contributed by atoms with Crippen LogP contribution in [0.1, 0.15) is 34.7 Å². The number of carbonyl (C=O) groups excluding carboxylic acids is 2. The Balaban J connectivity index is 1.58. The van der Waals surface area contributed by atoms with Crippen LogP contribution in [0.2, 0.25) is 0 Å². The van der Waals surface area contributed by atoms with Crippen molar-refractivity contribution in [1.82, 2.24) is 10.2 Å². The lowest BCUT2D eigenvalue weighted by molar-refractivity contribution is -0.125.